The lowest BCUT2D eigenvalue weighted by Crippen LogP contribution is -2.63. The zero-order valence-corrected chi connectivity index (χ0v) is 25.1. The minimum Gasteiger partial charge on any atom is -0.394 e. The molecule has 13 heteroatoms. The van der Waals surface area contributed by atoms with Crippen molar-refractivity contribution in [1.82, 2.24) is 4.90 Å². The number of ether oxygens (including phenoxy) is 5. The molecule has 0 aromatic rings. The van der Waals surface area contributed by atoms with Gasteiger partial charge in [0.25, 0.3) is 5.91 Å². The summed E-state index contributed by atoms with van der Waals surface area (Å²) in [6.45, 7) is 2.34. The van der Waals surface area contributed by atoms with E-state index >= 15 is 0 Å². The Labute approximate surface area is 253 Å². The Balaban J connectivity index is 1.28. The molecule has 0 spiro atoms. The maximum Gasteiger partial charge on any atom is 0.251 e. The summed E-state index contributed by atoms with van der Waals surface area (Å²) in [5.74, 6) is 0.174. The highest BCUT2D eigenvalue weighted by atomic mass is 16.7. The van der Waals surface area contributed by atoms with Gasteiger partial charge in [0.2, 0.25) is 0 Å². The van der Waals surface area contributed by atoms with Gasteiger partial charge in [0.1, 0.15) is 48.8 Å². The fourth-order valence-corrected chi connectivity index (χ4v) is 7.04. The van der Waals surface area contributed by atoms with Gasteiger partial charge in [-0.25, -0.2) is 0 Å². The van der Waals surface area contributed by atoms with E-state index in [4.69, 9.17) is 23.7 Å². The lowest BCUT2D eigenvalue weighted by Gasteiger charge is -2.46. The number of hydrogen-bond donors (Lipinski definition) is 6. The van der Waals surface area contributed by atoms with Crippen LogP contribution < -0.4 is 0 Å². The number of hydrogen-bond acceptors (Lipinski definition) is 12. The van der Waals surface area contributed by atoms with Crippen molar-refractivity contribution in [3.05, 3.63) is 0 Å². The second kappa shape index (κ2) is 15.1. The number of amides is 1. The summed E-state index contributed by atoms with van der Waals surface area (Å²) < 4.78 is 30.0. The Morgan fingerprint density at radius 2 is 1.37 bits per heavy atom. The van der Waals surface area contributed by atoms with E-state index in [9.17, 15) is 35.4 Å². The van der Waals surface area contributed by atoms with E-state index in [1.165, 1.54) is 6.42 Å². The lowest BCUT2D eigenvalue weighted by atomic mass is 9.85. The molecule has 5 fully saturated rings. The highest BCUT2D eigenvalue weighted by molar-refractivity contribution is 5.81. The summed E-state index contributed by atoms with van der Waals surface area (Å²) in [5.41, 5.74) is 0. The summed E-state index contributed by atoms with van der Waals surface area (Å²) in [4.78, 5) is 15.1. The van der Waals surface area contributed by atoms with Gasteiger partial charge in [-0.05, 0) is 38.5 Å². The van der Waals surface area contributed by atoms with Crippen molar-refractivity contribution in [2.24, 2.45) is 5.92 Å². The molecule has 5 aliphatic rings. The van der Waals surface area contributed by atoms with Crippen LogP contribution in [0.3, 0.4) is 0 Å². The number of aliphatic hydroxyl groups is 6. The lowest BCUT2D eigenvalue weighted by molar-refractivity contribution is -0.345. The van der Waals surface area contributed by atoms with E-state index in [2.05, 4.69) is 0 Å². The highest BCUT2D eigenvalue weighted by Gasteiger charge is 2.50. The molecule has 5 rings (SSSR count). The molecule has 6 N–H and O–H groups in total. The molecule has 0 aromatic carbocycles. The molecular weight excluding hydrogens is 566 g/mol. The van der Waals surface area contributed by atoms with E-state index in [-0.39, 0.29) is 5.91 Å². The Morgan fingerprint density at radius 3 is 1.95 bits per heavy atom. The largest absolute Gasteiger partial charge is 0.394 e. The van der Waals surface area contributed by atoms with Crippen molar-refractivity contribution in [3.63, 3.8) is 0 Å². The predicted octanol–water partition coefficient (Wildman–Crippen LogP) is -0.446. The first-order valence-electron chi connectivity index (χ1n) is 16.2. The Kier molecular flexibility index (Phi) is 11.7. The Bertz CT molecular complexity index is 887. The second-order valence-electron chi connectivity index (χ2n) is 13.0. The summed E-state index contributed by atoms with van der Waals surface area (Å²) in [7, 11) is 0. The molecule has 2 saturated carbocycles. The minimum absolute atomic E-state index is 0.144. The van der Waals surface area contributed by atoms with Crippen LogP contribution in [0.1, 0.15) is 77.6 Å². The molecule has 3 saturated heterocycles. The third-order valence-corrected chi connectivity index (χ3v) is 9.93. The van der Waals surface area contributed by atoms with Crippen LogP contribution in [0, 0.1) is 5.92 Å². The maximum atomic E-state index is 13.4. The SMILES string of the molecule is C[C@@H]1O[C@@H](O[C@@H]2CCCC[C@H]2O[C@@H]2O[C@H](CO)[C@H](O)[C@H](O[C@@H](CC3CCCCC3)C(=O)N3CCC3)[C@H]2O)[C@@H](O)[C@H](O)[C@@H]1O. The normalized spacial score (nSPS) is 43.7. The smallest absolute Gasteiger partial charge is 0.251 e. The van der Waals surface area contributed by atoms with Crippen LogP contribution in [-0.4, -0.2) is 141 Å². The summed E-state index contributed by atoms with van der Waals surface area (Å²) in [6, 6.07) is 0. The second-order valence-corrected chi connectivity index (χ2v) is 13.0. The first-order valence-corrected chi connectivity index (χ1v) is 16.2. The van der Waals surface area contributed by atoms with Crippen molar-refractivity contribution in [2.75, 3.05) is 19.7 Å². The fraction of sp³-hybridized carbons (Fsp3) is 0.967. The molecule has 0 aromatic heterocycles. The number of rotatable bonds is 10. The third-order valence-electron chi connectivity index (χ3n) is 9.93. The van der Waals surface area contributed by atoms with E-state index in [1.807, 2.05) is 0 Å². The van der Waals surface area contributed by atoms with Crippen LogP contribution in [0.25, 0.3) is 0 Å². The molecule has 2 aliphatic carbocycles. The quantitative estimate of drug-likeness (QED) is 0.186. The van der Waals surface area contributed by atoms with Gasteiger partial charge in [0.05, 0.1) is 24.9 Å². The van der Waals surface area contributed by atoms with Gasteiger partial charge in [-0.2, -0.15) is 0 Å². The van der Waals surface area contributed by atoms with E-state index in [0.717, 1.165) is 44.9 Å². The molecule has 3 aliphatic heterocycles. The number of likely N-dealkylation sites (tertiary alicyclic amines) is 1. The number of carbonyl (C=O) groups is 1. The van der Waals surface area contributed by atoms with Crippen LogP contribution >= 0.6 is 0 Å². The third kappa shape index (κ3) is 7.71. The molecule has 0 bridgehead atoms. The Hall–Kier alpha value is -0.970. The molecule has 13 atom stereocenters. The van der Waals surface area contributed by atoms with Gasteiger partial charge in [-0.15, -0.1) is 0 Å². The van der Waals surface area contributed by atoms with Gasteiger partial charge >= 0.3 is 0 Å². The predicted molar refractivity (Wildman–Crippen MR) is 149 cm³/mol. The average Bonchev–Trinajstić information content (AvgIpc) is 2.98. The van der Waals surface area contributed by atoms with Gasteiger partial charge in [-0.1, -0.05) is 44.9 Å². The van der Waals surface area contributed by atoms with Gasteiger partial charge in [-0.3, -0.25) is 4.79 Å². The molecule has 43 heavy (non-hydrogen) atoms. The molecule has 248 valence electrons. The van der Waals surface area contributed by atoms with Crippen molar-refractivity contribution >= 4 is 5.91 Å². The summed E-state index contributed by atoms with van der Waals surface area (Å²) >= 11 is 0. The standard InChI is InChI=1S/C30H51NO12/c1-16-22(33)24(35)25(36)29(39-16)41-18-10-5-6-11-19(18)42-30-26(37)27(23(34)21(15-32)43-30)40-20(28(38)31-12-7-13-31)14-17-8-3-2-4-9-17/h16-27,29-30,32-37H,2-15H2,1H3/t16-,18+,19+,20-,21+,22+,23-,24+,25-,26+,27-,29-,30+/m0/s1. The van der Waals surface area contributed by atoms with Crippen molar-refractivity contribution < 1.29 is 59.1 Å². The van der Waals surface area contributed by atoms with Gasteiger partial charge in [0, 0.05) is 13.1 Å². The van der Waals surface area contributed by atoms with Crippen LogP contribution in [0.2, 0.25) is 0 Å². The average molecular weight is 618 g/mol. The zero-order chi connectivity index (χ0) is 30.7. The molecular formula is C30H51NO12. The molecule has 13 nitrogen and oxygen atoms in total. The Morgan fingerprint density at radius 1 is 0.767 bits per heavy atom. The summed E-state index contributed by atoms with van der Waals surface area (Å²) in [5, 5.41) is 63.3. The van der Waals surface area contributed by atoms with Gasteiger partial charge in [0.15, 0.2) is 12.6 Å². The van der Waals surface area contributed by atoms with Crippen molar-refractivity contribution in [2.45, 2.75) is 157 Å². The fourth-order valence-electron chi connectivity index (χ4n) is 7.04. The number of nitrogens with zero attached hydrogens (tertiary/aromatic N) is 1. The zero-order valence-electron chi connectivity index (χ0n) is 25.1. The van der Waals surface area contributed by atoms with Crippen LogP contribution in [0.4, 0.5) is 0 Å². The summed E-state index contributed by atoms with van der Waals surface area (Å²) in [6.07, 6.45) is -5.14. The molecule has 1 amide bonds. The highest BCUT2D eigenvalue weighted by Crippen LogP contribution is 2.35. The van der Waals surface area contributed by atoms with Crippen molar-refractivity contribution in [3.8, 4) is 0 Å². The number of carbonyl (C=O) groups excluding carboxylic acids is 1. The van der Waals surface area contributed by atoms with Crippen molar-refractivity contribution in [1.29, 1.82) is 0 Å². The van der Waals surface area contributed by atoms with Crippen LogP contribution in [-0.2, 0) is 28.5 Å². The van der Waals surface area contributed by atoms with Crippen LogP contribution in [0.5, 0.6) is 0 Å². The number of aliphatic hydroxyl groups excluding tert-OH is 6. The maximum absolute atomic E-state index is 13.4. The monoisotopic (exact) mass is 617 g/mol. The van der Waals surface area contributed by atoms with Gasteiger partial charge < -0.3 is 59.2 Å². The first kappa shape index (κ1) is 33.4. The minimum atomic E-state index is -1.47. The first-order chi connectivity index (χ1) is 20.7. The van der Waals surface area contributed by atoms with Crippen LogP contribution in [0.15, 0.2) is 0 Å². The molecule has 0 unspecified atom stereocenters. The molecule has 3 heterocycles. The van der Waals surface area contributed by atoms with E-state index in [1.54, 1.807) is 11.8 Å². The topological polar surface area (TPSA) is 188 Å². The van der Waals surface area contributed by atoms with E-state index < -0.39 is 86.3 Å². The van der Waals surface area contributed by atoms with E-state index in [0.29, 0.717) is 38.3 Å². The molecule has 0 radical (unpaired) electrons.